The molecular weight excluding hydrogens is 326 g/mol. The van der Waals surface area contributed by atoms with Gasteiger partial charge in [-0.15, -0.1) is 0 Å². The quantitative estimate of drug-likeness (QED) is 0.626. The first-order valence-electron chi connectivity index (χ1n) is 9.41. The van der Waals surface area contributed by atoms with Gasteiger partial charge in [-0.1, -0.05) is 26.0 Å². The van der Waals surface area contributed by atoms with Gasteiger partial charge in [0, 0.05) is 31.9 Å². The van der Waals surface area contributed by atoms with E-state index in [-0.39, 0.29) is 6.61 Å². The Labute approximate surface area is 157 Å². The van der Waals surface area contributed by atoms with Crippen molar-refractivity contribution >= 4 is 0 Å². The lowest BCUT2D eigenvalue weighted by molar-refractivity contribution is 0.106. The van der Waals surface area contributed by atoms with Gasteiger partial charge >= 0.3 is 0 Å². The third kappa shape index (κ3) is 7.20. The van der Waals surface area contributed by atoms with Crippen molar-refractivity contribution in [3.63, 3.8) is 0 Å². The smallest absolute Gasteiger partial charge is 0.0853 e. The number of nitrogens with zero attached hydrogens (tertiary/aromatic N) is 3. The van der Waals surface area contributed by atoms with E-state index in [1.807, 2.05) is 25.1 Å². The summed E-state index contributed by atoms with van der Waals surface area (Å²) in [6.45, 7) is 10.1. The van der Waals surface area contributed by atoms with E-state index in [0.717, 1.165) is 36.6 Å². The van der Waals surface area contributed by atoms with Gasteiger partial charge in [-0.3, -0.25) is 14.9 Å². The van der Waals surface area contributed by atoms with Crippen molar-refractivity contribution in [2.75, 3.05) is 19.8 Å². The summed E-state index contributed by atoms with van der Waals surface area (Å²) >= 11 is 0. The Hall–Kier alpha value is -1.82. The Kier molecular flexibility index (Phi) is 8.68. The molecule has 0 saturated carbocycles. The van der Waals surface area contributed by atoms with Crippen LogP contribution in [0.5, 0.6) is 0 Å². The molecule has 0 unspecified atom stereocenters. The van der Waals surface area contributed by atoms with Gasteiger partial charge in [0.2, 0.25) is 0 Å². The lowest BCUT2D eigenvalue weighted by Crippen LogP contribution is -2.28. The molecule has 2 rings (SSSR count). The van der Waals surface area contributed by atoms with Crippen molar-refractivity contribution in [3.8, 4) is 0 Å². The van der Waals surface area contributed by atoms with Crippen LogP contribution in [0.2, 0.25) is 0 Å². The van der Waals surface area contributed by atoms with Gasteiger partial charge in [-0.05, 0) is 43.5 Å². The second kappa shape index (κ2) is 11.0. The Morgan fingerprint density at radius 2 is 1.54 bits per heavy atom. The van der Waals surface area contributed by atoms with Crippen LogP contribution in [0.1, 0.15) is 43.5 Å². The minimum Gasteiger partial charge on any atom is -0.390 e. The first-order chi connectivity index (χ1) is 12.6. The fourth-order valence-corrected chi connectivity index (χ4v) is 2.86. The zero-order valence-electron chi connectivity index (χ0n) is 16.2. The molecule has 0 spiro atoms. The summed E-state index contributed by atoms with van der Waals surface area (Å²) in [5, 5.41) is 9.30. The molecular formula is C21H31N3O2. The maximum atomic E-state index is 9.30. The van der Waals surface area contributed by atoms with Crippen LogP contribution in [0, 0.1) is 5.92 Å². The van der Waals surface area contributed by atoms with Gasteiger partial charge in [-0.2, -0.15) is 0 Å². The minimum atomic E-state index is -0.0361. The number of pyridine rings is 2. The van der Waals surface area contributed by atoms with E-state index in [1.165, 1.54) is 0 Å². The average molecular weight is 357 g/mol. The van der Waals surface area contributed by atoms with Crippen LogP contribution in [-0.4, -0.2) is 39.7 Å². The van der Waals surface area contributed by atoms with Crippen molar-refractivity contribution in [3.05, 3.63) is 59.2 Å². The molecule has 0 radical (unpaired) electrons. The fraction of sp³-hybridized carbons (Fsp3) is 0.524. The Bertz CT molecular complexity index is 661. The molecule has 0 aliphatic heterocycles. The van der Waals surface area contributed by atoms with Gasteiger partial charge in [0.1, 0.15) is 0 Å². The van der Waals surface area contributed by atoms with Crippen molar-refractivity contribution < 1.29 is 9.84 Å². The van der Waals surface area contributed by atoms with Gasteiger partial charge in [0.15, 0.2) is 0 Å². The molecule has 2 aromatic heterocycles. The Balaban J connectivity index is 2.08. The SMILES string of the molecule is CCOCCN(Cc1cccc(CO)n1)Cc1cccc(CC(C)C)n1. The molecule has 0 aliphatic carbocycles. The standard InChI is InChI=1S/C21H31N3O2/c1-4-26-12-11-24(15-20-9-6-10-21(16-25)23-20)14-19-8-5-7-18(22-19)13-17(2)3/h5-10,17,25H,4,11-16H2,1-3H3. The number of rotatable bonds is 11. The summed E-state index contributed by atoms with van der Waals surface area (Å²) in [6, 6.07) is 12.0. The second-order valence-electron chi connectivity index (χ2n) is 6.90. The summed E-state index contributed by atoms with van der Waals surface area (Å²) in [7, 11) is 0. The molecule has 142 valence electrons. The molecule has 5 nitrogen and oxygen atoms in total. The van der Waals surface area contributed by atoms with Crippen LogP contribution in [0.25, 0.3) is 0 Å². The first-order valence-corrected chi connectivity index (χ1v) is 9.41. The zero-order valence-corrected chi connectivity index (χ0v) is 16.2. The summed E-state index contributed by atoms with van der Waals surface area (Å²) < 4.78 is 5.54. The summed E-state index contributed by atoms with van der Waals surface area (Å²) in [6.07, 6.45) is 0.993. The molecule has 0 aromatic carbocycles. The van der Waals surface area contributed by atoms with Gasteiger partial charge < -0.3 is 9.84 Å². The zero-order chi connectivity index (χ0) is 18.8. The summed E-state index contributed by atoms with van der Waals surface area (Å²) in [5.41, 5.74) is 3.86. The van der Waals surface area contributed by atoms with E-state index in [0.29, 0.717) is 31.4 Å². The normalized spacial score (nSPS) is 11.5. The fourth-order valence-electron chi connectivity index (χ4n) is 2.86. The molecule has 1 N–H and O–H groups in total. The van der Waals surface area contributed by atoms with E-state index in [4.69, 9.17) is 9.72 Å². The Morgan fingerprint density at radius 1 is 0.962 bits per heavy atom. The average Bonchev–Trinajstić information content (AvgIpc) is 2.62. The highest BCUT2D eigenvalue weighted by Crippen LogP contribution is 2.11. The van der Waals surface area contributed by atoms with E-state index >= 15 is 0 Å². The Morgan fingerprint density at radius 3 is 2.12 bits per heavy atom. The number of aliphatic hydroxyl groups is 1. The summed E-state index contributed by atoms with van der Waals surface area (Å²) in [4.78, 5) is 11.6. The van der Waals surface area contributed by atoms with Crippen LogP contribution >= 0.6 is 0 Å². The highest BCUT2D eigenvalue weighted by molar-refractivity contribution is 5.13. The maximum absolute atomic E-state index is 9.30. The third-order valence-corrected chi connectivity index (χ3v) is 4.04. The minimum absolute atomic E-state index is 0.0361. The number of ether oxygens (including phenoxy) is 1. The molecule has 2 aromatic rings. The third-order valence-electron chi connectivity index (χ3n) is 4.04. The van der Waals surface area contributed by atoms with E-state index < -0.39 is 0 Å². The topological polar surface area (TPSA) is 58.5 Å². The predicted octanol–water partition coefficient (Wildman–Crippen LogP) is 3.21. The van der Waals surface area contributed by atoms with Crippen molar-refractivity contribution in [2.24, 2.45) is 5.92 Å². The second-order valence-corrected chi connectivity index (χ2v) is 6.90. The van der Waals surface area contributed by atoms with Crippen LogP contribution in [-0.2, 0) is 30.9 Å². The number of hydrogen-bond acceptors (Lipinski definition) is 5. The van der Waals surface area contributed by atoms with Crippen LogP contribution in [0.3, 0.4) is 0 Å². The molecule has 0 bridgehead atoms. The molecule has 0 aliphatic rings. The maximum Gasteiger partial charge on any atom is 0.0853 e. The van der Waals surface area contributed by atoms with E-state index in [9.17, 15) is 5.11 Å². The summed E-state index contributed by atoms with van der Waals surface area (Å²) in [5.74, 6) is 0.595. The molecule has 0 saturated heterocycles. The lowest BCUT2D eigenvalue weighted by Gasteiger charge is -2.22. The van der Waals surface area contributed by atoms with Crippen molar-refractivity contribution in [2.45, 2.75) is 46.9 Å². The van der Waals surface area contributed by atoms with Crippen LogP contribution in [0.15, 0.2) is 36.4 Å². The van der Waals surface area contributed by atoms with Gasteiger partial charge in [0.25, 0.3) is 0 Å². The van der Waals surface area contributed by atoms with Crippen molar-refractivity contribution in [1.82, 2.24) is 14.9 Å². The van der Waals surface area contributed by atoms with Crippen LogP contribution in [0.4, 0.5) is 0 Å². The monoisotopic (exact) mass is 357 g/mol. The number of aliphatic hydroxyl groups excluding tert-OH is 1. The first kappa shape index (κ1) is 20.5. The van der Waals surface area contributed by atoms with Gasteiger partial charge in [-0.25, -0.2) is 0 Å². The molecule has 0 atom stereocenters. The van der Waals surface area contributed by atoms with E-state index in [1.54, 1.807) is 0 Å². The molecule has 0 fully saturated rings. The lowest BCUT2D eigenvalue weighted by atomic mass is 10.1. The van der Waals surface area contributed by atoms with Crippen molar-refractivity contribution in [1.29, 1.82) is 0 Å². The van der Waals surface area contributed by atoms with Gasteiger partial charge in [0.05, 0.1) is 30.3 Å². The van der Waals surface area contributed by atoms with Crippen LogP contribution < -0.4 is 0 Å². The molecule has 0 amide bonds. The molecule has 26 heavy (non-hydrogen) atoms. The highest BCUT2D eigenvalue weighted by atomic mass is 16.5. The number of hydrogen-bond donors (Lipinski definition) is 1. The molecule has 5 heteroatoms. The number of aromatic nitrogens is 2. The highest BCUT2D eigenvalue weighted by Gasteiger charge is 2.10. The predicted molar refractivity (Wildman–Crippen MR) is 104 cm³/mol. The largest absolute Gasteiger partial charge is 0.390 e. The molecule has 2 heterocycles. The van der Waals surface area contributed by atoms with E-state index in [2.05, 4.69) is 41.9 Å².